The van der Waals surface area contributed by atoms with Crippen molar-refractivity contribution in [1.29, 1.82) is 0 Å². The number of Topliss-reactive ketones (excluding diaryl/α,β-unsaturated/α-hetero) is 1. The summed E-state index contributed by atoms with van der Waals surface area (Å²) in [6, 6.07) is 13.4. The SMILES string of the molecule is CC(=O)SCC(CC(=O)O)C(=O)c1ccc(NC(=O)c2ccc(C)cc2)cc1. The van der Waals surface area contributed by atoms with Crippen LogP contribution < -0.4 is 5.32 Å². The summed E-state index contributed by atoms with van der Waals surface area (Å²) in [4.78, 5) is 47.0. The molecule has 2 aromatic rings. The van der Waals surface area contributed by atoms with Crippen molar-refractivity contribution < 1.29 is 24.3 Å². The summed E-state index contributed by atoms with van der Waals surface area (Å²) in [6.45, 7) is 3.31. The summed E-state index contributed by atoms with van der Waals surface area (Å²) in [5.41, 5.74) is 2.44. The molecule has 0 fully saturated rings. The van der Waals surface area contributed by atoms with Crippen molar-refractivity contribution in [1.82, 2.24) is 0 Å². The summed E-state index contributed by atoms with van der Waals surface area (Å²) < 4.78 is 0. The fourth-order valence-electron chi connectivity index (χ4n) is 2.52. The molecule has 0 radical (unpaired) electrons. The predicted molar refractivity (Wildman–Crippen MR) is 109 cm³/mol. The molecule has 146 valence electrons. The molecular weight excluding hydrogens is 378 g/mol. The summed E-state index contributed by atoms with van der Waals surface area (Å²) in [6.07, 6.45) is -0.342. The number of aryl methyl sites for hydroxylation is 1. The second kappa shape index (κ2) is 9.85. The van der Waals surface area contributed by atoms with Gasteiger partial charge in [0.2, 0.25) is 0 Å². The number of carbonyl (C=O) groups is 4. The van der Waals surface area contributed by atoms with Gasteiger partial charge < -0.3 is 10.4 Å². The van der Waals surface area contributed by atoms with E-state index >= 15 is 0 Å². The lowest BCUT2D eigenvalue weighted by Gasteiger charge is -2.13. The lowest BCUT2D eigenvalue weighted by atomic mass is 9.96. The van der Waals surface area contributed by atoms with E-state index in [2.05, 4.69) is 5.32 Å². The van der Waals surface area contributed by atoms with Gasteiger partial charge >= 0.3 is 5.97 Å². The van der Waals surface area contributed by atoms with Crippen molar-refractivity contribution in [2.45, 2.75) is 20.3 Å². The smallest absolute Gasteiger partial charge is 0.304 e. The van der Waals surface area contributed by atoms with Crippen molar-refractivity contribution in [3.8, 4) is 0 Å². The first kappa shape index (κ1) is 21.4. The van der Waals surface area contributed by atoms with Crippen LogP contribution in [-0.2, 0) is 9.59 Å². The number of carbonyl (C=O) groups excluding carboxylic acids is 3. The van der Waals surface area contributed by atoms with Gasteiger partial charge in [-0.1, -0.05) is 29.5 Å². The van der Waals surface area contributed by atoms with Crippen LogP contribution in [0.1, 0.15) is 39.6 Å². The Kier molecular flexibility index (Phi) is 7.52. The Balaban J connectivity index is 2.07. The van der Waals surface area contributed by atoms with E-state index in [1.165, 1.54) is 6.92 Å². The molecule has 0 aliphatic carbocycles. The monoisotopic (exact) mass is 399 g/mol. The standard InChI is InChI=1S/C21H21NO5S/c1-13-3-5-16(6-4-13)21(27)22-18-9-7-15(8-10-18)20(26)17(11-19(24)25)12-28-14(2)23/h3-10,17H,11-12H2,1-2H3,(H,22,27)(H,24,25). The molecule has 6 nitrogen and oxygen atoms in total. The van der Waals surface area contributed by atoms with Crippen molar-refractivity contribution in [3.63, 3.8) is 0 Å². The molecule has 0 saturated carbocycles. The van der Waals surface area contributed by atoms with Crippen LogP contribution in [0.25, 0.3) is 0 Å². The molecule has 0 bridgehead atoms. The quantitative estimate of drug-likeness (QED) is 0.655. The molecule has 28 heavy (non-hydrogen) atoms. The van der Waals surface area contributed by atoms with E-state index in [0.717, 1.165) is 17.3 Å². The fraction of sp³-hybridized carbons (Fsp3) is 0.238. The Morgan fingerprint density at radius 3 is 2.07 bits per heavy atom. The largest absolute Gasteiger partial charge is 0.481 e. The van der Waals surface area contributed by atoms with Gasteiger partial charge in [-0.15, -0.1) is 0 Å². The van der Waals surface area contributed by atoms with Crippen LogP contribution in [0, 0.1) is 12.8 Å². The Labute approximate surface area is 167 Å². The molecule has 0 saturated heterocycles. The summed E-state index contributed by atoms with van der Waals surface area (Å²) >= 11 is 0.934. The zero-order chi connectivity index (χ0) is 20.7. The number of amides is 1. The Hall–Kier alpha value is -2.93. The van der Waals surface area contributed by atoms with Crippen molar-refractivity contribution in [2.24, 2.45) is 5.92 Å². The zero-order valence-corrected chi connectivity index (χ0v) is 16.4. The summed E-state index contributed by atoms with van der Waals surface area (Å²) in [5.74, 6) is -2.37. The molecule has 0 aliphatic heterocycles. The van der Waals surface area contributed by atoms with Crippen molar-refractivity contribution >= 4 is 40.2 Å². The molecule has 7 heteroatoms. The number of benzene rings is 2. The van der Waals surface area contributed by atoms with E-state index < -0.39 is 11.9 Å². The lowest BCUT2D eigenvalue weighted by Crippen LogP contribution is -2.21. The van der Waals surface area contributed by atoms with E-state index in [0.29, 0.717) is 16.8 Å². The van der Waals surface area contributed by atoms with Gasteiger partial charge in [0.25, 0.3) is 5.91 Å². The van der Waals surface area contributed by atoms with Gasteiger partial charge in [0.05, 0.1) is 6.42 Å². The van der Waals surface area contributed by atoms with Crippen LogP contribution in [-0.4, -0.2) is 33.6 Å². The number of anilines is 1. The molecule has 2 aromatic carbocycles. The molecule has 0 aliphatic rings. The third-order valence-corrected chi connectivity index (χ3v) is 5.00. The maximum Gasteiger partial charge on any atom is 0.304 e. The first-order valence-corrected chi connectivity index (χ1v) is 9.62. The Bertz CT molecular complexity index is 875. The third kappa shape index (κ3) is 6.35. The average molecular weight is 399 g/mol. The minimum atomic E-state index is -1.09. The topological polar surface area (TPSA) is 101 Å². The van der Waals surface area contributed by atoms with Gasteiger partial charge in [-0.3, -0.25) is 19.2 Å². The van der Waals surface area contributed by atoms with Crippen LogP contribution in [0.2, 0.25) is 0 Å². The van der Waals surface area contributed by atoms with E-state index in [1.54, 1.807) is 36.4 Å². The maximum absolute atomic E-state index is 12.6. The number of carboxylic acids is 1. The van der Waals surface area contributed by atoms with Crippen molar-refractivity contribution in [2.75, 3.05) is 11.1 Å². The highest BCUT2D eigenvalue weighted by atomic mass is 32.2. The molecule has 0 spiro atoms. The fourth-order valence-corrected chi connectivity index (χ4v) is 3.22. The molecule has 1 atom stereocenters. The lowest BCUT2D eigenvalue weighted by molar-refractivity contribution is -0.137. The number of rotatable bonds is 8. The molecular formula is C21H21NO5S. The zero-order valence-electron chi connectivity index (χ0n) is 15.6. The highest BCUT2D eigenvalue weighted by Crippen LogP contribution is 2.20. The number of aliphatic carboxylic acids is 1. The Morgan fingerprint density at radius 1 is 0.964 bits per heavy atom. The van der Waals surface area contributed by atoms with Crippen molar-refractivity contribution in [3.05, 3.63) is 65.2 Å². The van der Waals surface area contributed by atoms with E-state index in [9.17, 15) is 19.2 Å². The normalized spacial score (nSPS) is 11.5. The molecule has 2 N–H and O–H groups in total. The van der Waals surface area contributed by atoms with Crippen LogP contribution >= 0.6 is 11.8 Å². The third-order valence-electron chi connectivity index (χ3n) is 4.02. The van der Waals surface area contributed by atoms with Crippen LogP contribution in [0.4, 0.5) is 5.69 Å². The minimum Gasteiger partial charge on any atom is -0.481 e. The number of thioether (sulfide) groups is 1. The van der Waals surface area contributed by atoms with Crippen LogP contribution in [0.15, 0.2) is 48.5 Å². The number of hydrogen-bond donors (Lipinski definition) is 2. The van der Waals surface area contributed by atoms with Crippen LogP contribution in [0.5, 0.6) is 0 Å². The molecule has 1 amide bonds. The van der Waals surface area contributed by atoms with Gasteiger partial charge in [0, 0.05) is 35.4 Å². The van der Waals surface area contributed by atoms with E-state index in [4.69, 9.17) is 5.11 Å². The number of carboxylic acid groups (broad SMARTS) is 1. The highest BCUT2D eigenvalue weighted by molar-refractivity contribution is 8.13. The summed E-state index contributed by atoms with van der Waals surface area (Å²) in [5, 5.41) is 11.6. The number of nitrogens with one attached hydrogen (secondary N) is 1. The second-order valence-corrected chi connectivity index (χ2v) is 7.56. The second-order valence-electron chi connectivity index (χ2n) is 6.36. The average Bonchev–Trinajstić information content (AvgIpc) is 2.65. The van der Waals surface area contributed by atoms with Gasteiger partial charge in [-0.25, -0.2) is 0 Å². The predicted octanol–water partition coefficient (Wildman–Crippen LogP) is 3.80. The first-order chi connectivity index (χ1) is 13.3. The van der Waals surface area contributed by atoms with E-state index in [-0.39, 0.29) is 29.0 Å². The minimum absolute atomic E-state index is 0.117. The molecule has 2 rings (SSSR count). The van der Waals surface area contributed by atoms with Gasteiger partial charge in [0.15, 0.2) is 10.9 Å². The highest BCUT2D eigenvalue weighted by Gasteiger charge is 2.23. The number of ketones is 1. The first-order valence-electron chi connectivity index (χ1n) is 8.63. The summed E-state index contributed by atoms with van der Waals surface area (Å²) in [7, 11) is 0. The molecule has 0 heterocycles. The van der Waals surface area contributed by atoms with Gasteiger partial charge in [-0.05, 0) is 43.3 Å². The molecule has 1 unspecified atom stereocenters. The number of hydrogen-bond acceptors (Lipinski definition) is 5. The van der Waals surface area contributed by atoms with Gasteiger partial charge in [-0.2, -0.15) is 0 Å². The molecule has 0 aromatic heterocycles. The Morgan fingerprint density at radius 2 is 1.54 bits per heavy atom. The van der Waals surface area contributed by atoms with Crippen LogP contribution in [0.3, 0.4) is 0 Å². The maximum atomic E-state index is 12.6. The van der Waals surface area contributed by atoms with E-state index in [1.807, 2.05) is 19.1 Å². The van der Waals surface area contributed by atoms with Gasteiger partial charge in [0.1, 0.15) is 0 Å².